The molecule has 5 aromatic rings. The highest BCUT2D eigenvalue weighted by Gasteiger charge is 2.37. The second-order valence-electron chi connectivity index (χ2n) is 11.1. The number of rotatable bonds is 8. The van der Waals surface area contributed by atoms with Gasteiger partial charge in [-0.3, -0.25) is 14.9 Å². The molecule has 224 valence electrons. The molecule has 45 heavy (non-hydrogen) atoms. The number of aryl methyl sites for hydroxylation is 3. The van der Waals surface area contributed by atoms with Crippen LogP contribution in [0.4, 0.5) is 10.5 Å². The van der Waals surface area contributed by atoms with Gasteiger partial charge in [-0.25, -0.2) is 9.69 Å². The Balaban J connectivity index is 1.29. The van der Waals surface area contributed by atoms with Crippen molar-refractivity contribution in [3.05, 3.63) is 142 Å². The lowest BCUT2D eigenvalue weighted by Gasteiger charge is -2.26. The maximum absolute atomic E-state index is 13.8. The SMILES string of the molecule is Cc1ccc(COc2ccc(N3C(=O)NC(=O)/C(=C\c4c(OCc5ccc(C)c(C)c5)ccc5ccccc45)C3=O)cc2)cc1. The molecule has 1 aliphatic heterocycles. The van der Waals surface area contributed by atoms with Gasteiger partial charge < -0.3 is 9.47 Å². The first-order chi connectivity index (χ1) is 21.8. The molecule has 0 aliphatic carbocycles. The molecule has 5 aromatic carbocycles. The van der Waals surface area contributed by atoms with Gasteiger partial charge in [0.2, 0.25) is 0 Å². The quantitative estimate of drug-likeness (QED) is 0.147. The van der Waals surface area contributed by atoms with Gasteiger partial charge in [-0.05, 0) is 90.2 Å². The number of benzene rings is 5. The van der Waals surface area contributed by atoms with Crippen LogP contribution in [0.2, 0.25) is 0 Å². The number of fused-ring (bicyclic) bond motifs is 1. The highest BCUT2D eigenvalue weighted by atomic mass is 16.5. The van der Waals surface area contributed by atoms with Crippen molar-refractivity contribution in [1.82, 2.24) is 5.32 Å². The molecular formula is C38H32N2O5. The lowest BCUT2D eigenvalue weighted by atomic mass is 9.99. The van der Waals surface area contributed by atoms with Gasteiger partial charge in [0.1, 0.15) is 30.3 Å². The van der Waals surface area contributed by atoms with E-state index in [1.165, 1.54) is 17.2 Å². The van der Waals surface area contributed by atoms with Crippen LogP contribution < -0.4 is 19.7 Å². The number of hydrogen-bond acceptors (Lipinski definition) is 5. The molecule has 1 saturated heterocycles. The summed E-state index contributed by atoms with van der Waals surface area (Å²) in [6.07, 6.45) is 1.51. The minimum atomic E-state index is -0.820. The molecule has 0 aromatic heterocycles. The zero-order chi connectivity index (χ0) is 31.5. The van der Waals surface area contributed by atoms with Crippen molar-refractivity contribution in [2.24, 2.45) is 0 Å². The summed E-state index contributed by atoms with van der Waals surface area (Å²) >= 11 is 0. The van der Waals surface area contributed by atoms with Crippen LogP contribution in [0.5, 0.6) is 11.5 Å². The third-order valence-corrected chi connectivity index (χ3v) is 7.91. The number of anilines is 1. The third-order valence-electron chi connectivity index (χ3n) is 7.91. The van der Waals surface area contributed by atoms with Crippen molar-refractivity contribution in [3.63, 3.8) is 0 Å². The average molecular weight is 597 g/mol. The number of hydrogen-bond donors (Lipinski definition) is 1. The maximum Gasteiger partial charge on any atom is 0.335 e. The van der Waals surface area contributed by atoms with Gasteiger partial charge >= 0.3 is 6.03 Å². The molecule has 1 N–H and O–H groups in total. The van der Waals surface area contributed by atoms with Crippen molar-refractivity contribution in [2.75, 3.05) is 4.90 Å². The Bertz CT molecular complexity index is 1960. The lowest BCUT2D eigenvalue weighted by molar-refractivity contribution is -0.122. The van der Waals surface area contributed by atoms with Gasteiger partial charge in [0, 0.05) is 5.56 Å². The topological polar surface area (TPSA) is 84.9 Å². The molecular weight excluding hydrogens is 564 g/mol. The molecule has 0 radical (unpaired) electrons. The summed E-state index contributed by atoms with van der Waals surface area (Å²) in [4.78, 5) is 40.7. The number of urea groups is 1. The molecule has 1 fully saturated rings. The predicted molar refractivity (Wildman–Crippen MR) is 175 cm³/mol. The minimum Gasteiger partial charge on any atom is -0.489 e. The van der Waals surface area contributed by atoms with E-state index < -0.39 is 17.8 Å². The summed E-state index contributed by atoms with van der Waals surface area (Å²) in [5, 5.41) is 4.04. The molecule has 7 nitrogen and oxygen atoms in total. The van der Waals surface area contributed by atoms with E-state index in [2.05, 4.69) is 31.3 Å². The molecule has 1 heterocycles. The van der Waals surface area contributed by atoms with Gasteiger partial charge in [0.05, 0.1) is 5.69 Å². The number of barbiturate groups is 1. The summed E-state index contributed by atoms with van der Waals surface area (Å²) in [5.74, 6) is -0.409. The van der Waals surface area contributed by atoms with Crippen molar-refractivity contribution in [3.8, 4) is 11.5 Å². The van der Waals surface area contributed by atoms with Crippen molar-refractivity contribution < 1.29 is 23.9 Å². The van der Waals surface area contributed by atoms with E-state index in [0.717, 1.165) is 32.4 Å². The molecule has 7 heteroatoms. The third kappa shape index (κ3) is 6.33. The normalized spacial score (nSPS) is 14.2. The number of carbonyl (C=O) groups excluding carboxylic acids is 3. The van der Waals surface area contributed by atoms with E-state index in [1.807, 2.05) is 73.7 Å². The Hall–Kier alpha value is -5.69. The second-order valence-corrected chi connectivity index (χ2v) is 11.1. The van der Waals surface area contributed by atoms with E-state index in [1.54, 1.807) is 24.3 Å². The van der Waals surface area contributed by atoms with Gasteiger partial charge in [0.25, 0.3) is 11.8 Å². The largest absolute Gasteiger partial charge is 0.489 e. The summed E-state index contributed by atoms with van der Waals surface area (Å²) < 4.78 is 12.1. The Morgan fingerprint density at radius 1 is 0.711 bits per heavy atom. The number of ether oxygens (including phenoxy) is 2. The van der Waals surface area contributed by atoms with Crippen LogP contribution in [-0.4, -0.2) is 17.8 Å². The van der Waals surface area contributed by atoms with E-state index in [9.17, 15) is 14.4 Å². The van der Waals surface area contributed by atoms with E-state index in [4.69, 9.17) is 9.47 Å². The van der Waals surface area contributed by atoms with Crippen LogP contribution in [0, 0.1) is 20.8 Å². The Kier molecular flexibility index (Phi) is 8.16. The second kappa shape index (κ2) is 12.5. The van der Waals surface area contributed by atoms with Crippen molar-refractivity contribution in [2.45, 2.75) is 34.0 Å². The van der Waals surface area contributed by atoms with E-state index in [0.29, 0.717) is 36.0 Å². The molecule has 0 saturated carbocycles. The Morgan fingerprint density at radius 2 is 1.42 bits per heavy atom. The van der Waals surface area contributed by atoms with Crippen LogP contribution in [0.15, 0.2) is 109 Å². The highest BCUT2D eigenvalue weighted by Crippen LogP contribution is 2.33. The summed E-state index contributed by atoms with van der Waals surface area (Å²) in [6.45, 7) is 6.82. The number of nitrogens with one attached hydrogen (secondary N) is 1. The van der Waals surface area contributed by atoms with Crippen LogP contribution in [0.25, 0.3) is 16.8 Å². The molecule has 0 unspecified atom stereocenters. The average Bonchev–Trinajstić information content (AvgIpc) is 3.04. The molecule has 0 bridgehead atoms. The van der Waals surface area contributed by atoms with Crippen molar-refractivity contribution in [1.29, 1.82) is 0 Å². The van der Waals surface area contributed by atoms with Crippen LogP contribution in [0.1, 0.15) is 33.4 Å². The van der Waals surface area contributed by atoms with Crippen LogP contribution in [0.3, 0.4) is 0 Å². The zero-order valence-electron chi connectivity index (χ0n) is 25.3. The first kappa shape index (κ1) is 29.4. The van der Waals surface area contributed by atoms with Gasteiger partial charge in [-0.1, -0.05) is 78.4 Å². The summed E-state index contributed by atoms with van der Waals surface area (Å²) in [7, 11) is 0. The number of imide groups is 2. The standard InChI is InChI=1S/C38H32N2O5/c1-24-8-11-27(12-9-24)22-44-31-17-15-30(16-18-31)40-37(42)34(36(41)39-38(40)43)21-33-32-7-5-4-6-29(32)14-19-35(33)45-23-28-13-10-25(2)26(3)20-28/h4-21H,22-23H2,1-3H3,(H,39,41,43)/b34-21+. The fourth-order valence-electron chi connectivity index (χ4n) is 5.18. The zero-order valence-corrected chi connectivity index (χ0v) is 25.3. The fourth-order valence-corrected chi connectivity index (χ4v) is 5.18. The van der Waals surface area contributed by atoms with E-state index >= 15 is 0 Å². The predicted octanol–water partition coefficient (Wildman–Crippen LogP) is 7.59. The van der Waals surface area contributed by atoms with Crippen LogP contribution in [-0.2, 0) is 22.8 Å². The van der Waals surface area contributed by atoms with Gasteiger partial charge in [0.15, 0.2) is 0 Å². The summed E-state index contributed by atoms with van der Waals surface area (Å²) in [5.41, 5.74) is 6.25. The smallest absolute Gasteiger partial charge is 0.335 e. The summed E-state index contributed by atoms with van der Waals surface area (Å²) in [6, 6.07) is 31.4. The maximum atomic E-state index is 13.8. The number of carbonyl (C=O) groups is 3. The van der Waals surface area contributed by atoms with Gasteiger partial charge in [-0.15, -0.1) is 0 Å². The first-order valence-corrected chi connectivity index (χ1v) is 14.7. The molecule has 6 rings (SSSR count). The molecule has 0 atom stereocenters. The number of nitrogens with zero attached hydrogens (tertiary/aromatic N) is 1. The fraction of sp³-hybridized carbons (Fsp3) is 0.132. The molecule has 1 aliphatic rings. The molecule has 0 spiro atoms. The van der Waals surface area contributed by atoms with Gasteiger partial charge in [-0.2, -0.15) is 0 Å². The Labute approximate surface area is 261 Å². The highest BCUT2D eigenvalue weighted by molar-refractivity contribution is 6.39. The van der Waals surface area contributed by atoms with Crippen LogP contribution >= 0.6 is 0 Å². The minimum absolute atomic E-state index is 0.179. The Morgan fingerprint density at radius 3 is 2.18 bits per heavy atom. The monoisotopic (exact) mass is 596 g/mol. The van der Waals surface area contributed by atoms with E-state index in [-0.39, 0.29) is 5.57 Å². The number of amides is 4. The van der Waals surface area contributed by atoms with Crippen molar-refractivity contribution >= 4 is 40.4 Å². The molecule has 4 amide bonds. The lowest BCUT2D eigenvalue weighted by Crippen LogP contribution is -2.54. The first-order valence-electron chi connectivity index (χ1n) is 14.7.